The molecule has 0 aliphatic carbocycles. The average molecular weight is 402 g/mol. The quantitative estimate of drug-likeness (QED) is 0.679. The normalized spacial score (nSPS) is 18.5. The molecule has 1 N–H and O–H groups in total. The molecule has 156 valence electrons. The van der Waals surface area contributed by atoms with Crippen molar-refractivity contribution in [1.82, 2.24) is 10.2 Å². The first-order chi connectivity index (χ1) is 14.1. The molecule has 8 heteroatoms. The lowest BCUT2D eigenvalue weighted by atomic mass is 9.87. The number of ether oxygens (including phenoxy) is 3. The molecule has 2 heterocycles. The fourth-order valence-electron chi connectivity index (χ4n) is 3.64. The van der Waals surface area contributed by atoms with Crippen LogP contribution in [0.4, 0.5) is 0 Å². The van der Waals surface area contributed by atoms with Crippen LogP contribution in [0.3, 0.4) is 0 Å². The summed E-state index contributed by atoms with van der Waals surface area (Å²) in [4.78, 5) is 27.4. The van der Waals surface area contributed by atoms with Crippen molar-refractivity contribution in [2.24, 2.45) is 5.92 Å². The molecule has 3 rings (SSSR count). The maximum Gasteiger partial charge on any atom is 0.289 e. The summed E-state index contributed by atoms with van der Waals surface area (Å²) in [5.41, 5.74) is 0.827. The number of carbonyl (C=O) groups is 2. The highest BCUT2D eigenvalue weighted by Gasteiger charge is 2.42. The molecule has 2 amide bonds. The molecule has 1 fully saturated rings. The average Bonchev–Trinajstić information content (AvgIpc) is 3.43. The molecule has 29 heavy (non-hydrogen) atoms. The third kappa shape index (κ3) is 4.54. The molecule has 1 aliphatic rings. The molecule has 1 aromatic carbocycles. The smallest absolute Gasteiger partial charge is 0.289 e. The number of rotatable bonds is 8. The fraction of sp³-hybridized carbons (Fsp3) is 0.429. The topological polar surface area (TPSA) is 90.2 Å². The van der Waals surface area contributed by atoms with Crippen molar-refractivity contribution in [3.8, 4) is 11.5 Å². The summed E-state index contributed by atoms with van der Waals surface area (Å²) in [5.74, 6) is 0.503. The SMILES string of the molecule is COCCNC(=O)C1CN(C(=O)c2ccco2)CC1c1cc(OC)ccc1OC. The van der Waals surface area contributed by atoms with E-state index in [4.69, 9.17) is 18.6 Å². The minimum Gasteiger partial charge on any atom is -0.497 e. The highest BCUT2D eigenvalue weighted by atomic mass is 16.5. The van der Waals surface area contributed by atoms with Crippen molar-refractivity contribution < 1.29 is 28.2 Å². The van der Waals surface area contributed by atoms with E-state index in [2.05, 4.69) is 5.32 Å². The Morgan fingerprint density at radius 3 is 2.66 bits per heavy atom. The van der Waals surface area contributed by atoms with Gasteiger partial charge in [0.1, 0.15) is 11.5 Å². The van der Waals surface area contributed by atoms with Gasteiger partial charge in [0.15, 0.2) is 5.76 Å². The van der Waals surface area contributed by atoms with Crippen LogP contribution in [0.5, 0.6) is 11.5 Å². The van der Waals surface area contributed by atoms with Crippen LogP contribution in [0, 0.1) is 5.92 Å². The third-order valence-electron chi connectivity index (χ3n) is 5.12. The van der Waals surface area contributed by atoms with E-state index in [1.807, 2.05) is 12.1 Å². The van der Waals surface area contributed by atoms with Crippen molar-refractivity contribution in [1.29, 1.82) is 0 Å². The van der Waals surface area contributed by atoms with Crippen LogP contribution in [0.15, 0.2) is 41.0 Å². The van der Waals surface area contributed by atoms with E-state index in [-0.39, 0.29) is 30.0 Å². The number of likely N-dealkylation sites (tertiary alicyclic amines) is 1. The van der Waals surface area contributed by atoms with E-state index in [9.17, 15) is 9.59 Å². The van der Waals surface area contributed by atoms with E-state index < -0.39 is 5.92 Å². The first-order valence-electron chi connectivity index (χ1n) is 9.40. The molecule has 1 aliphatic heterocycles. The van der Waals surface area contributed by atoms with Crippen LogP contribution in [0.25, 0.3) is 0 Å². The van der Waals surface area contributed by atoms with Crippen LogP contribution in [-0.2, 0) is 9.53 Å². The highest BCUT2D eigenvalue weighted by molar-refractivity contribution is 5.92. The lowest BCUT2D eigenvalue weighted by Crippen LogP contribution is -2.37. The van der Waals surface area contributed by atoms with E-state index in [0.29, 0.717) is 31.2 Å². The Kier molecular flexibility index (Phi) is 6.77. The van der Waals surface area contributed by atoms with Crippen molar-refractivity contribution in [3.05, 3.63) is 47.9 Å². The molecule has 0 spiro atoms. The van der Waals surface area contributed by atoms with Crippen molar-refractivity contribution in [3.63, 3.8) is 0 Å². The van der Waals surface area contributed by atoms with Gasteiger partial charge in [0.2, 0.25) is 5.91 Å². The second kappa shape index (κ2) is 9.47. The van der Waals surface area contributed by atoms with E-state index in [0.717, 1.165) is 5.56 Å². The molecule has 0 saturated carbocycles. The summed E-state index contributed by atoms with van der Waals surface area (Å²) in [7, 11) is 4.75. The van der Waals surface area contributed by atoms with E-state index in [1.54, 1.807) is 44.4 Å². The first-order valence-corrected chi connectivity index (χ1v) is 9.40. The molecule has 2 aromatic rings. The number of nitrogens with one attached hydrogen (secondary N) is 1. The van der Waals surface area contributed by atoms with Crippen molar-refractivity contribution in [2.45, 2.75) is 5.92 Å². The second-order valence-electron chi connectivity index (χ2n) is 6.79. The van der Waals surface area contributed by atoms with Crippen LogP contribution in [0.2, 0.25) is 0 Å². The Balaban J connectivity index is 1.90. The second-order valence-corrected chi connectivity index (χ2v) is 6.79. The number of benzene rings is 1. The first kappa shape index (κ1) is 20.7. The zero-order chi connectivity index (χ0) is 20.8. The monoisotopic (exact) mass is 402 g/mol. The van der Waals surface area contributed by atoms with Gasteiger partial charge in [-0.2, -0.15) is 0 Å². The largest absolute Gasteiger partial charge is 0.497 e. The summed E-state index contributed by atoms with van der Waals surface area (Å²) in [6.45, 7) is 1.47. The zero-order valence-electron chi connectivity index (χ0n) is 16.8. The number of hydrogen-bond acceptors (Lipinski definition) is 6. The summed E-state index contributed by atoms with van der Waals surface area (Å²) < 4.78 is 21.1. The van der Waals surface area contributed by atoms with Crippen LogP contribution >= 0.6 is 0 Å². The third-order valence-corrected chi connectivity index (χ3v) is 5.12. The molecule has 1 aromatic heterocycles. The van der Waals surface area contributed by atoms with Gasteiger partial charge >= 0.3 is 0 Å². The molecule has 8 nitrogen and oxygen atoms in total. The Labute approximate surface area is 169 Å². The number of amides is 2. The minimum atomic E-state index is -0.438. The lowest BCUT2D eigenvalue weighted by molar-refractivity contribution is -0.125. The summed E-state index contributed by atoms with van der Waals surface area (Å²) in [5, 5.41) is 2.89. The molecule has 2 atom stereocenters. The van der Waals surface area contributed by atoms with E-state index >= 15 is 0 Å². The van der Waals surface area contributed by atoms with Crippen LogP contribution in [-0.4, -0.2) is 64.3 Å². The van der Waals surface area contributed by atoms with Gasteiger partial charge in [-0.1, -0.05) is 0 Å². The minimum absolute atomic E-state index is 0.133. The summed E-state index contributed by atoms with van der Waals surface area (Å²) in [6.07, 6.45) is 1.46. The van der Waals surface area contributed by atoms with Crippen LogP contribution < -0.4 is 14.8 Å². The Hall–Kier alpha value is -3.00. The van der Waals surface area contributed by atoms with Crippen molar-refractivity contribution in [2.75, 3.05) is 47.6 Å². The Morgan fingerprint density at radius 2 is 2.00 bits per heavy atom. The highest BCUT2D eigenvalue weighted by Crippen LogP contribution is 2.40. The van der Waals surface area contributed by atoms with Gasteiger partial charge in [0.05, 0.1) is 33.0 Å². The standard InChI is InChI=1S/C21H26N2O6/c1-26-10-8-22-20(24)17-13-23(21(25)19-5-4-9-29-19)12-16(17)15-11-14(27-2)6-7-18(15)28-3/h4-7,9,11,16-17H,8,10,12-13H2,1-3H3,(H,22,24). The van der Waals surface area contributed by atoms with Crippen molar-refractivity contribution >= 4 is 11.8 Å². The van der Waals surface area contributed by atoms with Gasteiger partial charge in [-0.05, 0) is 30.3 Å². The molecular formula is C21H26N2O6. The summed E-state index contributed by atoms with van der Waals surface area (Å²) >= 11 is 0. The maximum atomic E-state index is 12.9. The predicted octanol–water partition coefficient (Wildman–Crippen LogP) is 1.92. The number of hydrogen-bond donors (Lipinski definition) is 1. The fourth-order valence-corrected chi connectivity index (χ4v) is 3.64. The number of methoxy groups -OCH3 is 3. The molecular weight excluding hydrogens is 376 g/mol. The van der Waals surface area contributed by atoms with Gasteiger partial charge in [0, 0.05) is 38.2 Å². The Bertz CT molecular complexity index is 836. The van der Waals surface area contributed by atoms with Gasteiger partial charge in [-0.25, -0.2) is 0 Å². The predicted molar refractivity (Wildman–Crippen MR) is 105 cm³/mol. The van der Waals surface area contributed by atoms with Crippen LogP contribution in [0.1, 0.15) is 22.0 Å². The summed E-state index contributed by atoms with van der Waals surface area (Å²) in [6, 6.07) is 8.76. The molecule has 0 radical (unpaired) electrons. The van der Waals surface area contributed by atoms with Gasteiger partial charge < -0.3 is 28.8 Å². The maximum absolute atomic E-state index is 12.9. The van der Waals surface area contributed by atoms with Gasteiger partial charge in [-0.15, -0.1) is 0 Å². The zero-order valence-corrected chi connectivity index (χ0v) is 16.8. The Morgan fingerprint density at radius 1 is 1.17 bits per heavy atom. The molecule has 1 saturated heterocycles. The number of carbonyl (C=O) groups excluding carboxylic acids is 2. The molecule has 2 unspecified atom stereocenters. The number of nitrogens with zero attached hydrogens (tertiary/aromatic N) is 1. The lowest BCUT2D eigenvalue weighted by Gasteiger charge is -2.21. The van der Waals surface area contributed by atoms with Gasteiger partial charge in [-0.3, -0.25) is 9.59 Å². The number of furan rings is 1. The van der Waals surface area contributed by atoms with E-state index in [1.165, 1.54) is 6.26 Å². The van der Waals surface area contributed by atoms with Gasteiger partial charge in [0.25, 0.3) is 5.91 Å². The molecule has 0 bridgehead atoms.